The zero-order valence-electron chi connectivity index (χ0n) is 18.4. The lowest BCUT2D eigenvalue weighted by Crippen LogP contribution is -2.49. The first-order valence-electron chi connectivity index (χ1n) is 9.75. The number of aryl methyl sites for hydroxylation is 2. The number of hydrogen-bond donors (Lipinski definition) is 0. The number of carbonyl (C=O) groups excluding carboxylic acids is 2. The van der Waals surface area contributed by atoms with Crippen molar-refractivity contribution < 1.29 is 14.3 Å². The van der Waals surface area contributed by atoms with E-state index in [0.29, 0.717) is 6.54 Å². The number of benzene rings is 1. The van der Waals surface area contributed by atoms with Crippen LogP contribution in [0, 0.1) is 13.8 Å². The highest BCUT2D eigenvalue weighted by atomic mass is 16.5. The van der Waals surface area contributed by atoms with Crippen molar-refractivity contribution in [3.05, 3.63) is 58.9 Å². The molecule has 1 aromatic carbocycles. The minimum Gasteiger partial charge on any atom is -0.449 e. The lowest BCUT2D eigenvalue weighted by Gasteiger charge is -2.37. The standard InChI is InChI=1S/C23H31N3O3/c1-16-20(17(2)25(7)24-16)13-14-21(27)29-18(3)22(28)26(23(4,5)6)15-19-11-9-8-10-12-19/h8-14,18H,15H2,1-7H3/b14-13+/t18-/m0/s1. The van der Waals surface area contributed by atoms with Gasteiger partial charge in [0, 0.05) is 36.5 Å². The Morgan fingerprint density at radius 2 is 1.83 bits per heavy atom. The fourth-order valence-electron chi connectivity index (χ4n) is 3.08. The van der Waals surface area contributed by atoms with Gasteiger partial charge in [-0.3, -0.25) is 9.48 Å². The molecule has 0 bridgehead atoms. The molecule has 0 aliphatic rings. The normalized spacial score (nSPS) is 12.8. The van der Waals surface area contributed by atoms with Gasteiger partial charge in [0.2, 0.25) is 0 Å². The van der Waals surface area contributed by atoms with Gasteiger partial charge in [-0.2, -0.15) is 5.10 Å². The molecule has 0 aliphatic heterocycles. The number of nitrogens with zero attached hydrogens (tertiary/aromatic N) is 3. The highest BCUT2D eigenvalue weighted by molar-refractivity contribution is 5.90. The summed E-state index contributed by atoms with van der Waals surface area (Å²) in [5, 5.41) is 4.32. The van der Waals surface area contributed by atoms with Gasteiger partial charge in [0.1, 0.15) is 0 Å². The van der Waals surface area contributed by atoms with Crippen LogP contribution in [0.15, 0.2) is 36.4 Å². The van der Waals surface area contributed by atoms with Crippen molar-refractivity contribution in [2.45, 2.75) is 59.7 Å². The summed E-state index contributed by atoms with van der Waals surface area (Å²) in [5.41, 5.74) is 3.28. The van der Waals surface area contributed by atoms with Crippen LogP contribution in [0.3, 0.4) is 0 Å². The third-order valence-electron chi connectivity index (χ3n) is 4.85. The maximum Gasteiger partial charge on any atom is 0.331 e. The minimum absolute atomic E-state index is 0.225. The first-order valence-corrected chi connectivity index (χ1v) is 9.75. The summed E-state index contributed by atoms with van der Waals surface area (Å²) >= 11 is 0. The molecule has 1 aromatic heterocycles. The van der Waals surface area contributed by atoms with E-state index < -0.39 is 17.6 Å². The highest BCUT2D eigenvalue weighted by Gasteiger charge is 2.31. The van der Waals surface area contributed by atoms with E-state index in [1.54, 1.807) is 22.6 Å². The number of hydrogen-bond acceptors (Lipinski definition) is 4. The van der Waals surface area contributed by atoms with E-state index in [2.05, 4.69) is 5.10 Å². The van der Waals surface area contributed by atoms with E-state index in [0.717, 1.165) is 22.5 Å². The molecule has 2 rings (SSSR count). The van der Waals surface area contributed by atoms with Crippen molar-refractivity contribution in [2.24, 2.45) is 7.05 Å². The molecule has 2 aromatic rings. The molecule has 0 saturated heterocycles. The number of esters is 1. The number of rotatable bonds is 6. The third kappa shape index (κ3) is 5.79. The fraction of sp³-hybridized carbons (Fsp3) is 0.435. The summed E-state index contributed by atoms with van der Waals surface area (Å²) in [6.45, 7) is 11.8. The monoisotopic (exact) mass is 397 g/mol. The molecule has 6 heteroatoms. The van der Waals surface area contributed by atoms with Crippen molar-refractivity contribution in [1.29, 1.82) is 0 Å². The second-order valence-corrected chi connectivity index (χ2v) is 8.20. The predicted molar refractivity (Wildman–Crippen MR) is 114 cm³/mol. The predicted octanol–water partition coefficient (Wildman–Crippen LogP) is 3.81. The topological polar surface area (TPSA) is 64.4 Å². The zero-order chi connectivity index (χ0) is 21.8. The maximum atomic E-state index is 13.0. The molecule has 6 nitrogen and oxygen atoms in total. The quantitative estimate of drug-likeness (QED) is 0.549. The molecule has 0 spiro atoms. The molecule has 1 heterocycles. The maximum absolute atomic E-state index is 13.0. The molecule has 29 heavy (non-hydrogen) atoms. The Morgan fingerprint density at radius 1 is 1.21 bits per heavy atom. The molecular weight excluding hydrogens is 366 g/mol. The van der Waals surface area contributed by atoms with E-state index in [1.165, 1.54) is 6.08 Å². The van der Waals surface area contributed by atoms with Crippen LogP contribution in [0.2, 0.25) is 0 Å². The SMILES string of the molecule is Cc1nn(C)c(C)c1/C=C/C(=O)O[C@@H](C)C(=O)N(Cc1ccccc1)C(C)(C)C. The number of ether oxygens (including phenoxy) is 1. The van der Waals surface area contributed by atoms with Gasteiger partial charge < -0.3 is 9.64 Å². The second-order valence-electron chi connectivity index (χ2n) is 8.20. The molecule has 0 unspecified atom stereocenters. The number of amides is 1. The Bertz CT molecular complexity index is 892. The average Bonchev–Trinajstić information content (AvgIpc) is 2.89. The molecule has 0 saturated carbocycles. The summed E-state index contributed by atoms with van der Waals surface area (Å²) in [6, 6.07) is 9.78. The average molecular weight is 398 g/mol. The van der Waals surface area contributed by atoms with Crippen LogP contribution in [-0.2, 0) is 27.9 Å². The molecule has 0 N–H and O–H groups in total. The van der Waals surface area contributed by atoms with Crippen LogP contribution in [0.1, 0.15) is 50.2 Å². The van der Waals surface area contributed by atoms with E-state index in [9.17, 15) is 9.59 Å². The zero-order valence-corrected chi connectivity index (χ0v) is 18.4. The van der Waals surface area contributed by atoms with Gasteiger partial charge in [0.25, 0.3) is 5.91 Å². The van der Waals surface area contributed by atoms with Gasteiger partial charge >= 0.3 is 5.97 Å². The molecule has 0 aliphatic carbocycles. The summed E-state index contributed by atoms with van der Waals surface area (Å²) in [5.74, 6) is -0.779. The lowest BCUT2D eigenvalue weighted by molar-refractivity contribution is -0.158. The van der Waals surface area contributed by atoms with Gasteiger partial charge in [0.15, 0.2) is 6.10 Å². The second kappa shape index (κ2) is 9.07. The first kappa shape index (κ1) is 22.4. The van der Waals surface area contributed by atoms with Gasteiger partial charge in [-0.1, -0.05) is 30.3 Å². The summed E-state index contributed by atoms with van der Waals surface area (Å²) < 4.78 is 7.15. The van der Waals surface area contributed by atoms with Crippen molar-refractivity contribution in [3.8, 4) is 0 Å². The van der Waals surface area contributed by atoms with Gasteiger partial charge in [-0.05, 0) is 53.2 Å². The fourth-order valence-corrected chi connectivity index (χ4v) is 3.08. The van der Waals surface area contributed by atoms with Crippen LogP contribution in [0.4, 0.5) is 0 Å². The molecule has 1 atom stereocenters. The lowest BCUT2D eigenvalue weighted by atomic mass is 10.0. The van der Waals surface area contributed by atoms with Crippen molar-refractivity contribution in [2.75, 3.05) is 0 Å². The summed E-state index contributed by atoms with van der Waals surface area (Å²) in [4.78, 5) is 27.0. The van der Waals surface area contributed by atoms with E-state index in [1.807, 2.05) is 72.0 Å². The van der Waals surface area contributed by atoms with E-state index in [4.69, 9.17) is 4.74 Å². The molecule has 1 amide bonds. The Kier molecular flexibility index (Phi) is 7.01. The smallest absolute Gasteiger partial charge is 0.331 e. The molecular formula is C23H31N3O3. The van der Waals surface area contributed by atoms with Crippen molar-refractivity contribution >= 4 is 18.0 Å². The third-order valence-corrected chi connectivity index (χ3v) is 4.85. The molecule has 0 fully saturated rings. The minimum atomic E-state index is -0.883. The number of carbonyl (C=O) groups is 2. The van der Waals surface area contributed by atoms with Crippen LogP contribution < -0.4 is 0 Å². The molecule has 156 valence electrons. The summed E-state index contributed by atoms with van der Waals surface area (Å²) in [6.07, 6.45) is 2.15. The van der Waals surface area contributed by atoms with Crippen LogP contribution in [0.5, 0.6) is 0 Å². The Morgan fingerprint density at radius 3 is 2.34 bits per heavy atom. The van der Waals surface area contributed by atoms with Crippen LogP contribution >= 0.6 is 0 Å². The van der Waals surface area contributed by atoms with Crippen LogP contribution in [-0.4, -0.2) is 38.2 Å². The van der Waals surface area contributed by atoms with Crippen LogP contribution in [0.25, 0.3) is 6.08 Å². The Labute approximate surface area is 173 Å². The van der Waals surface area contributed by atoms with Crippen molar-refractivity contribution in [1.82, 2.24) is 14.7 Å². The Hall–Kier alpha value is -2.89. The summed E-state index contributed by atoms with van der Waals surface area (Å²) in [7, 11) is 1.85. The van der Waals surface area contributed by atoms with Gasteiger partial charge in [-0.25, -0.2) is 4.79 Å². The molecule has 0 radical (unpaired) electrons. The van der Waals surface area contributed by atoms with E-state index in [-0.39, 0.29) is 5.91 Å². The Balaban J connectivity index is 2.08. The first-order chi connectivity index (χ1) is 13.5. The number of aromatic nitrogens is 2. The largest absolute Gasteiger partial charge is 0.449 e. The van der Waals surface area contributed by atoms with Crippen molar-refractivity contribution in [3.63, 3.8) is 0 Å². The van der Waals surface area contributed by atoms with Gasteiger partial charge in [-0.15, -0.1) is 0 Å². The highest BCUT2D eigenvalue weighted by Crippen LogP contribution is 2.20. The van der Waals surface area contributed by atoms with Gasteiger partial charge in [0.05, 0.1) is 5.69 Å². The van der Waals surface area contributed by atoms with E-state index >= 15 is 0 Å².